The van der Waals surface area contributed by atoms with E-state index < -0.39 is 0 Å². The lowest BCUT2D eigenvalue weighted by Crippen LogP contribution is -2.31. The van der Waals surface area contributed by atoms with Crippen LogP contribution in [0.25, 0.3) is 11.3 Å². The quantitative estimate of drug-likeness (QED) is 0.360. The minimum Gasteiger partial charge on any atom is -0.497 e. The largest absolute Gasteiger partial charge is 0.497 e. The molecule has 3 aromatic carbocycles. The molecule has 2 heterocycles. The van der Waals surface area contributed by atoms with E-state index in [0.717, 1.165) is 40.1 Å². The first-order chi connectivity index (χ1) is 16.1. The molecule has 5 nitrogen and oxygen atoms in total. The van der Waals surface area contributed by atoms with E-state index in [-0.39, 0.29) is 11.9 Å². The molecular weight excluding hydrogens is 457 g/mol. The highest BCUT2D eigenvalue weighted by atomic mass is 35.5. The molecule has 0 fully saturated rings. The van der Waals surface area contributed by atoms with Crippen molar-refractivity contribution in [3.05, 3.63) is 105 Å². The van der Waals surface area contributed by atoms with Crippen molar-refractivity contribution in [3.63, 3.8) is 0 Å². The Morgan fingerprint density at radius 1 is 1.03 bits per heavy atom. The van der Waals surface area contributed by atoms with E-state index in [1.54, 1.807) is 19.2 Å². The van der Waals surface area contributed by atoms with Crippen molar-refractivity contribution in [3.8, 4) is 17.0 Å². The first-order valence-electron chi connectivity index (χ1n) is 10.6. The number of halogens is 2. The maximum absolute atomic E-state index is 13.5. The number of carbonyl (C=O) groups excluding carboxylic acids is 1. The van der Waals surface area contributed by atoms with Crippen LogP contribution in [0.15, 0.2) is 72.8 Å². The average Bonchev–Trinajstić information content (AvgIpc) is 3.38. The van der Waals surface area contributed by atoms with E-state index in [9.17, 15) is 4.79 Å². The fourth-order valence-corrected chi connectivity index (χ4v) is 4.85. The van der Waals surface area contributed by atoms with Crippen LogP contribution in [-0.2, 0) is 6.42 Å². The van der Waals surface area contributed by atoms with Crippen molar-refractivity contribution in [2.45, 2.75) is 12.5 Å². The van der Waals surface area contributed by atoms with Gasteiger partial charge in [0.15, 0.2) is 0 Å². The molecule has 1 amide bonds. The number of nitrogens with zero attached hydrogens (tertiary/aromatic N) is 2. The maximum Gasteiger partial charge on any atom is 0.273 e. The molecule has 0 aliphatic carbocycles. The predicted octanol–water partition coefficient (Wildman–Crippen LogP) is 6.18. The van der Waals surface area contributed by atoms with Gasteiger partial charge in [-0.1, -0.05) is 59.6 Å². The van der Waals surface area contributed by atoms with Crippen LogP contribution in [0.1, 0.15) is 33.2 Å². The Kier molecular flexibility index (Phi) is 5.83. The Bertz CT molecular complexity index is 1300. The summed E-state index contributed by atoms with van der Waals surface area (Å²) in [5, 5.41) is 8.55. The molecule has 166 valence electrons. The van der Waals surface area contributed by atoms with Gasteiger partial charge in [0.25, 0.3) is 5.91 Å². The van der Waals surface area contributed by atoms with Crippen LogP contribution < -0.4 is 4.74 Å². The highest BCUT2D eigenvalue weighted by Crippen LogP contribution is 2.45. The normalized spacial score (nSPS) is 15.1. The molecule has 4 aromatic rings. The van der Waals surface area contributed by atoms with E-state index in [4.69, 9.17) is 27.9 Å². The zero-order valence-electron chi connectivity index (χ0n) is 17.9. The number of hydrogen-bond acceptors (Lipinski definition) is 3. The zero-order chi connectivity index (χ0) is 22.9. The average molecular weight is 478 g/mol. The summed E-state index contributed by atoms with van der Waals surface area (Å²) in [5.41, 5.74) is 4.90. The molecule has 1 N–H and O–H groups in total. The second-order valence-corrected chi connectivity index (χ2v) is 8.74. The molecule has 0 saturated heterocycles. The van der Waals surface area contributed by atoms with Gasteiger partial charge in [0.2, 0.25) is 0 Å². The molecule has 0 bridgehead atoms. The number of aromatic nitrogens is 2. The van der Waals surface area contributed by atoms with Gasteiger partial charge in [-0.05, 0) is 53.9 Å². The van der Waals surface area contributed by atoms with Crippen molar-refractivity contribution in [2.75, 3.05) is 13.7 Å². The van der Waals surface area contributed by atoms with Crippen LogP contribution >= 0.6 is 23.2 Å². The number of nitrogens with one attached hydrogen (secondary N) is 1. The van der Waals surface area contributed by atoms with Crippen LogP contribution in [0.5, 0.6) is 5.75 Å². The van der Waals surface area contributed by atoms with Gasteiger partial charge in [0.1, 0.15) is 11.4 Å². The summed E-state index contributed by atoms with van der Waals surface area (Å²) in [5.74, 6) is 0.660. The highest BCUT2D eigenvalue weighted by Gasteiger charge is 2.42. The molecule has 0 saturated carbocycles. The van der Waals surface area contributed by atoms with Gasteiger partial charge in [-0.25, -0.2) is 0 Å². The number of amides is 1. The van der Waals surface area contributed by atoms with Gasteiger partial charge in [-0.3, -0.25) is 9.89 Å². The first kappa shape index (κ1) is 21.6. The van der Waals surface area contributed by atoms with Crippen molar-refractivity contribution in [1.82, 2.24) is 15.1 Å². The summed E-state index contributed by atoms with van der Waals surface area (Å²) in [7, 11) is 1.63. The zero-order valence-corrected chi connectivity index (χ0v) is 19.4. The van der Waals surface area contributed by atoms with Crippen molar-refractivity contribution in [2.24, 2.45) is 0 Å². The Morgan fingerprint density at radius 2 is 1.79 bits per heavy atom. The lowest BCUT2D eigenvalue weighted by Gasteiger charge is -2.27. The third-order valence-corrected chi connectivity index (χ3v) is 6.53. The lowest BCUT2D eigenvalue weighted by molar-refractivity contribution is 0.0746. The number of aromatic amines is 1. The number of hydrogen-bond donors (Lipinski definition) is 1. The first-order valence-corrected chi connectivity index (χ1v) is 11.3. The molecule has 0 radical (unpaired) electrons. The monoisotopic (exact) mass is 477 g/mol. The summed E-state index contributed by atoms with van der Waals surface area (Å²) in [6.45, 7) is 0.539. The van der Waals surface area contributed by atoms with Crippen LogP contribution in [0, 0.1) is 0 Å². The fraction of sp³-hybridized carbons (Fsp3) is 0.154. The Hall–Kier alpha value is -3.28. The highest BCUT2D eigenvalue weighted by molar-refractivity contribution is 6.35. The van der Waals surface area contributed by atoms with Gasteiger partial charge in [0, 0.05) is 27.7 Å². The smallest absolute Gasteiger partial charge is 0.273 e. The number of ether oxygens (including phenoxy) is 1. The molecule has 1 aliphatic rings. The summed E-state index contributed by atoms with van der Waals surface area (Å²) in [4.78, 5) is 15.3. The minimum absolute atomic E-state index is 0.0933. The van der Waals surface area contributed by atoms with Gasteiger partial charge in [-0.15, -0.1) is 0 Å². The maximum atomic E-state index is 13.5. The van der Waals surface area contributed by atoms with Gasteiger partial charge in [-0.2, -0.15) is 5.10 Å². The van der Waals surface area contributed by atoms with Crippen LogP contribution in [0.4, 0.5) is 0 Å². The number of carbonyl (C=O) groups is 1. The minimum atomic E-state index is -0.378. The molecule has 1 aromatic heterocycles. The topological polar surface area (TPSA) is 58.2 Å². The number of rotatable bonds is 6. The fourth-order valence-electron chi connectivity index (χ4n) is 4.34. The second kappa shape index (κ2) is 8.93. The third-order valence-electron chi connectivity index (χ3n) is 5.97. The van der Waals surface area contributed by atoms with Crippen molar-refractivity contribution < 1.29 is 9.53 Å². The predicted molar refractivity (Wildman–Crippen MR) is 130 cm³/mol. The SMILES string of the molecule is COc1ccc(-c2n[nH]c3c2C(c2ccc(Cl)cc2Cl)N(CCc2ccccc2)C3=O)cc1. The summed E-state index contributed by atoms with van der Waals surface area (Å²) in [6, 6.07) is 22.8. The second-order valence-electron chi connectivity index (χ2n) is 7.89. The van der Waals surface area contributed by atoms with Gasteiger partial charge >= 0.3 is 0 Å². The number of methoxy groups -OCH3 is 1. The molecule has 1 atom stereocenters. The van der Waals surface area contributed by atoms with Crippen molar-refractivity contribution in [1.29, 1.82) is 0 Å². The molecule has 1 unspecified atom stereocenters. The van der Waals surface area contributed by atoms with Gasteiger partial charge in [0.05, 0.1) is 18.8 Å². The molecule has 1 aliphatic heterocycles. The van der Waals surface area contributed by atoms with Crippen LogP contribution in [0.2, 0.25) is 10.0 Å². The lowest BCUT2D eigenvalue weighted by atomic mass is 9.95. The van der Waals surface area contributed by atoms with E-state index in [1.807, 2.05) is 53.4 Å². The number of fused-ring (bicyclic) bond motifs is 1. The van der Waals surface area contributed by atoms with E-state index >= 15 is 0 Å². The Balaban J connectivity index is 1.59. The summed E-state index contributed by atoms with van der Waals surface area (Å²) >= 11 is 12.8. The Morgan fingerprint density at radius 3 is 2.48 bits per heavy atom. The molecular formula is C26H21Cl2N3O2. The van der Waals surface area contributed by atoms with Crippen LogP contribution in [-0.4, -0.2) is 34.7 Å². The third kappa shape index (κ3) is 3.99. The van der Waals surface area contributed by atoms with E-state index in [0.29, 0.717) is 22.3 Å². The van der Waals surface area contributed by atoms with Crippen molar-refractivity contribution >= 4 is 29.1 Å². The molecule has 5 rings (SSSR count). The number of benzene rings is 3. The number of H-pyrrole nitrogens is 1. The molecule has 0 spiro atoms. The molecule has 33 heavy (non-hydrogen) atoms. The molecule has 7 heteroatoms. The van der Waals surface area contributed by atoms with E-state index in [1.165, 1.54) is 0 Å². The van der Waals surface area contributed by atoms with E-state index in [2.05, 4.69) is 22.3 Å². The standard InChI is InChI=1S/C26H21Cl2N3O2/c1-33-19-10-7-17(8-11-19)23-22-24(30-29-23)26(32)31(14-13-16-5-3-2-4-6-16)25(22)20-12-9-18(27)15-21(20)28/h2-12,15,25H,13-14H2,1H3,(H,29,30). The Labute approximate surface area is 201 Å². The van der Waals surface area contributed by atoms with Crippen LogP contribution in [0.3, 0.4) is 0 Å². The summed E-state index contributed by atoms with van der Waals surface area (Å²) in [6.07, 6.45) is 0.726. The summed E-state index contributed by atoms with van der Waals surface area (Å²) < 4.78 is 5.28. The van der Waals surface area contributed by atoms with Gasteiger partial charge < -0.3 is 9.64 Å².